The molecule has 18 heavy (non-hydrogen) atoms. The van der Waals surface area contributed by atoms with Crippen LogP contribution in [0.15, 0.2) is 0 Å². The molecule has 0 aromatic carbocycles. The minimum absolute atomic E-state index is 0.116. The first-order chi connectivity index (χ1) is 8.28. The maximum Gasteiger partial charge on any atom is 0.0989 e. The third-order valence-electron chi connectivity index (χ3n) is 4.39. The summed E-state index contributed by atoms with van der Waals surface area (Å²) < 4.78 is 17.9. The molecule has 0 aromatic rings. The van der Waals surface area contributed by atoms with Gasteiger partial charge in [0.15, 0.2) is 0 Å². The van der Waals surface area contributed by atoms with Crippen molar-refractivity contribution in [1.29, 1.82) is 0 Å². The SMILES string of the molecule is CCC1(OC)CC(OC(C)(C)C)CC1(CC)OC. The zero-order chi connectivity index (χ0) is 14.0. The lowest BCUT2D eigenvalue weighted by Crippen LogP contribution is -2.51. The highest BCUT2D eigenvalue weighted by Gasteiger charge is 2.58. The molecule has 0 heterocycles. The van der Waals surface area contributed by atoms with Crippen LogP contribution in [0.1, 0.15) is 60.3 Å². The Bertz CT molecular complexity index is 239. The molecule has 1 aliphatic rings. The van der Waals surface area contributed by atoms with Gasteiger partial charge in [-0.05, 0) is 33.6 Å². The Hall–Kier alpha value is -0.120. The lowest BCUT2D eigenvalue weighted by molar-refractivity contribution is -0.170. The Morgan fingerprint density at radius 3 is 1.56 bits per heavy atom. The molecule has 0 amide bonds. The van der Waals surface area contributed by atoms with Crippen molar-refractivity contribution in [3.8, 4) is 0 Å². The number of hydrogen-bond donors (Lipinski definition) is 0. The summed E-state index contributed by atoms with van der Waals surface area (Å²) in [5.74, 6) is 0. The molecule has 1 aliphatic carbocycles. The fourth-order valence-electron chi connectivity index (χ4n) is 3.52. The fourth-order valence-corrected chi connectivity index (χ4v) is 3.52. The summed E-state index contributed by atoms with van der Waals surface area (Å²) >= 11 is 0. The van der Waals surface area contributed by atoms with Crippen LogP contribution < -0.4 is 0 Å². The van der Waals surface area contributed by atoms with E-state index in [0.717, 1.165) is 25.7 Å². The third kappa shape index (κ3) is 2.73. The van der Waals surface area contributed by atoms with Gasteiger partial charge >= 0.3 is 0 Å². The van der Waals surface area contributed by atoms with Crippen LogP contribution in [-0.4, -0.2) is 37.1 Å². The summed E-state index contributed by atoms with van der Waals surface area (Å²) in [5, 5.41) is 0. The highest BCUT2D eigenvalue weighted by molar-refractivity contribution is 5.10. The van der Waals surface area contributed by atoms with E-state index in [4.69, 9.17) is 14.2 Å². The fraction of sp³-hybridized carbons (Fsp3) is 1.00. The number of ether oxygens (including phenoxy) is 3. The van der Waals surface area contributed by atoms with Crippen LogP contribution in [0.2, 0.25) is 0 Å². The van der Waals surface area contributed by atoms with Crippen LogP contribution in [0.3, 0.4) is 0 Å². The lowest BCUT2D eigenvalue weighted by Gasteiger charge is -2.42. The highest BCUT2D eigenvalue weighted by Crippen LogP contribution is 2.49. The Labute approximate surface area is 112 Å². The molecule has 0 N–H and O–H groups in total. The van der Waals surface area contributed by atoms with Gasteiger partial charge in [-0.2, -0.15) is 0 Å². The standard InChI is InChI=1S/C15H30O3/c1-8-14(16-6)10-12(18-13(3,4)5)11-15(14,9-2)17-7/h12H,8-11H2,1-7H3. The molecule has 1 fully saturated rings. The maximum absolute atomic E-state index is 6.16. The van der Waals surface area contributed by atoms with Gasteiger partial charge in [0.05, 0.1) is 22.9 Å². The Balaban J connectivity index is 2.96. The zero-order valence-corrected chi connectivity index (χ0v) is 13.1. The Kier molecular flexibility index (Phi) is 4.85. The quantitative estimate of drug-likeness (QED) is 0.754. The van der Waals surface area contributed by atoms with Crippen LogP contribution in [-0.2, 0) is 14.2 Å². The van der Waals surface area contributed by atoms with E-state index in [0.29, 0.717) is 0 Å². The second-order valence-electron chi connectivity index (χ2n) is 6.36. The summed E-state index contributed by atoms with van der Waals surface area (Å²) in [6.45, 7) is 10.7. The molecule has 1 saturated carbocycles. The minimum Gasteiger partial charge on any atom is -0.375 e. The van der Waals surface area contributed by atoms with Gasteiger partial charge in [-0.15, -0.1) is 0 Å². The van der Waals surface area contributed by atoms with Crippen molar-refractivity contribution < 1.29 is 14.2 Å². The van der Waals surface area contributed by atoms with Crippen molar-refractivity contribution in [1.82, 2.24) is 0 Å². The summed E-state index contributed by atoms with van der Waals surface area (Å²) in [6, 6.07) is 0. The van der Waals surface area contributed by atoms with Gasteiger partial charge in [0, 0.05) is 27.1 Å². The zero-order valence-electron chi connectivity index (χ0n) is 13.1. The molecule has 1 rings (SSSR count). The molecular formula is C15H30O3. The second kappa shape index (κ2) is 5.48. The normalized spacial score (nSPS) is 37.2. The second-order valence-corrected chi connectivity index (χ2v) is 6.36. The number of rotatable bonds is 5. The van der Waals surface area contributed by atoms with Crippen molar-refractivity contribution in [3.63, 3.8) is 0 Å². The molecule has 3 nitrogen and oxygen atoms in total. The highest BCUT2D eigenvalue weighted by atomic mass is 16.6. The number of hydrogen-bond acceptors (Lipinski definition) is 3. The molecule has 108 valence electrons. The molecule has 3 heteroatoms. The third-order valence-corrected chi connectivity index (χ3v) is 4.39. The van der Waals surface area contributed by atoms with E-state index in [1.165, 1.54) is 0 Å². The number of methoxy groups -OCH3 is 2. The predicted molar refractivity (Wildman–Crippen MR) is 73.9 cm³/mol. The van der Waals surface area contributed by atoms with E-state index in [9.17, 15) is 0 Å². The van der Waals surface area contributed by atoms with E-state index in [2.05, 4.69) is 34.6 Å². The Morgan fingerprint density at radius 1 is 0.944 bits per heavy atom. The van der Waals surface area contributed by atoms with Crippen molar-refractivity contribution in [2.24, 2.45) is 0 Å². The molecule has 0 aliphatic heterocycles. The topological polar surface area (TPSA) is 27.7 Å². The molecular weight excluding hydrogens is 228 g/mol. The lowest BCUT2D eigenvalue weighted by atomic mass is 9.81. The molecule has 0 radical (unpaired) electrons. The largest absolute Gasteiger partial charge is 0.375 e. The van der Waals surface area contributed by atoms with Gasteiger partial charge in [0.2, 0.25) is 0 Å². The van der Waals surface area contributed by atoms with Crippen molar-refractivity contribution >= 4 is 0 Å². The molecule has 0 bridgehead atoms. The van der Waals surface area contributed by atoms with Gasteiger partial charge in [-0.1, -0.05) is 13.8 Å². The van der Waals surface area contributed by atoms with Crippen LogP contribution in [0.4, 0.5) is 0 Å². The van der Waals surface area contributed by atoms with Crippen molar-refractivity contribution in [3.05, 3.63) is 0 Å². The first-order valence-corrected chi connectivity index (χ1v) is 7.06. The summed E-state index contributed by atoms with van der Waals surface area (Å²) in [6.07, 6.45) is 3.95. The van der Waals surface area contributed by atoms with Crippen LogP contribution in [0.25, 0.3) is 0 Å². The molecule has 2 atom stereocenters. The first kappa shape index (κ1) is 15.9. The van der Waals surface area contributed by atoms with Crippen molar-refractivity contribution in [2.75, 3.05) is 14.2 Å². The van der Waals surface area contributed by atoms with E-state index in [-0.39, 0.29) is 22.9 Å². The molecule has 0 spiro atoms. The van der Waals surface area contributed by atoms with E-state index < -0.39 is 0 Å². The first-order valence-electron chi connectivity index (χ1n) is 7.06. The van der Waals surface area contributed by atoms with E-state index in [1.807, 2.05) is 0 Å². The summed E-state index contributed by atoms with van der Waals surface area (Å²) in [4.78, 5) is 0. The average Bonchev–Trinajstić information content (AvgIpc) is 2.61. The minimum atomic E-state index is -0.216. The van der Waals surface area contributed by atoms with E-state index in [1.54, 1.807) is 14.2 Å². The van der Waals surface area contributed by atoms with Crippen LogP contribution >= 0.6 is 0 Å². The molecule has 2 unspecified atom stereocenters. The van der Waals surface area contributed by atoms with Crippen molar-refractivity contribution in [2.45, 2.75) is 83.2 Å². The predicted octanol–water partition coefficient (Wildman–Crippen LogP) is 3.55. The molecule has 0 aromatic heterocycles. The van der Waals surface area contributed by atoms with Gasteiger partial charge in [-0.25, -0.2) is 0 Å². The molecule has 0 saturated heterocycles. The van der Waals surface area contributed by atoms with Gasteiger partial charge < -0.3 is 14.2 Å². The average molecular weight is 258 g/mol. The smallest absolute Gasteiger partial charge is 0.0989 e. The summed E-state index contributed by atoms with van der Waals surface area (Å²) in [5.41, 5.74) is -0.547. The van der Waals surface area contributed by atoms with Crippen LogP contribution in [0, 0.1) is 0 Å². The van der Waals surface area contributed by atoms with Gasteiger partial charge in [0.1, 0.15) is 0 Å². The van der Waals surface area contributed by atoms with Gasteiger partial charge in [0.25, 0.3) is 0 Å². The van der Waals surface area contributed by atoms with Crippen LogP contribution in [0.5, 0.6) is 0 Å². The summed E-state index contributed by atoms with van der Waals surface area (Å²) in [7, 11) is 3.60. The van der Waals surface area contributed by atoms with E-state index >= 15 is 0 Å². The monoisotopic (exact) mass is 258 g/mol. The van der Waals surface area contributed by atoms with Gasteiger partial charge in [-0.3, -0.25) is 0 Å². The Morgan fingerprint density at radius 2 is 1.33 bits per heavy atom. The maximum atomic E-state index is 6.16.